The minimum absolute atomic E-state index is 0.536. The molecule has 1 aromatic rings. The molecule has 0 bridgehead atoms. The summed E-state index contributed by atoms with van der Waals surface area (Å²) in [4.78, 5) is 2.02. The Morgan fingerprint density at radius 3 is 2.57 bits per heavy atom. The molecule has 1 aromatic heterocycles. The summed E-state index contributed by atoms with van der Waals surface area (Å²) in [5, 5.41) is 20.7. The van der Waals surface area contributed by atoms with Crippen LogP contribution < -0.4 is 0 Å². The summed E-state index contributed by atoms with van der Waals surface area (Å²) in [7, 11) is 0. The number of aliphatic hydroxyl groups excluding tert-OH is 2. The van der Waals surface area contributed by atoms with Crippen molar-refractivity contribution >= 4 is 22.9 Å². The van der Waals surface area contributed by atoms with Gasteiger partial charge in [0, 0.05) is 19.6 Å². The van der Waals surface area contributed by atoms with Gasteiger partial charge >= 0.3 is 0 Å². The molecular weight excluding hydrogens is 222 g/mol. The van der Waals surface area contributed by atoms with E-state index in [9.17, 15) is 10.2 Å². The third kappa shape index (κ3) is 2.27. The first-order valence-electron chi connectivity index (χ1n) is 4.46. The molecule has 2 unspecified atom stereocenters. The Morgan fingerprint density at radius 1 is 1.43 bits per heavy atom. The number of nitrogens with zero attached hydrogens (tertiary/aromatic N) is 1. The van der Waals surface area contributed by atoms with E-state index < -0.39 is 12.2 Å². The Balaban J connectivity index is 1.93. The van der Waals surface area contributed by atoms with Crippen LogP contribution >= 0.6 is 22.9 Å². The van der Waals surface area contributed by atoms with Gasteiger partial charge in [-0.2, -0.15) is 0 Å². The van der Waals surface area contributed by atoms with Crippen LogP contribution in [0.15, 0.2) is 11.4 Å². The Kier molecular flexibility index (Phi) is 3.09. The molecule has 0 saturated carbocycles. The summed E-state index contributed by atoms with van der Waals surface area (Å²) in [5.41, 5.74) is 1.14. The zero-order valence-corrected chi connectivity index (χ0v) is 9.13. The second kappa shape index (κ2) is 4.16. The van der Waals surface area contributed by atoms with Crippen molar-refractivity contribution in [3.8, 4) is 0 Å². The van der Waals surface area contributed by atoms with E-state index in [-0.39, 0.29) is 0 Å². The molecule has 0 radical (unpaired) electrons. The van der Waals surface area contributed by atoms with Crippen LogP contribution in [-0.2, 0) is 6.54 Å². The molecule has 0 aliphatic carbocycles. The standard InChI is InChI=1S/C9H12ClNO2S/c10-9-1-6(5-14-9)2-11-3-7(12)8(13)4-11/h1,5,7-8,12-13H,2-4H2. The molecule has 0 amide bonds. The molecule has 78 valence electrons. The van der Waals surface area contributed by atoms with Crippen LogP contribution in [-0.4, -0.2) is 40.4 Å². The monoisotopic (exact) mass is 233 g/mol. The van der Waals surface area contributed by atoms with Crippen molar-refractivity contribution in [2.24, 2.45) is 0 Å². The van der Waals surface area contributed by atoms with Crippen LogP contribution in [0.2, 0.25) is 4.34 Å². The Hall–Kier alpha value is -0.130. The fraction of sp³-hybridized carbons (Fsp3) is 0.556. The average molecular weight is 234 g/mol. The first-order chi connectivity index (χ1) is 6.65. The maximum atomic E-state index is 9.34. The molecule has 2 atom stereocenters. The summed E-state index contributed by atoms with van der Waals surface area (Å²) in [5.74, 6) is 0. The average Bonchev–Trinajstić information content (AvgIpc) is 2.62. The second-order valence-corrected chi connectivity index (χ2v) is 5.13. The molecule has 1 saturated heterocycles. The summed E-state index contributed by atoms with van der Waals surface area (Å²) in [6.45, 7) is 1.82. The van der Waals surface area contributed by atoms with Crippen LogP contribution in [0.4, 0.5) is 0 Å². The normalized spacial score (nSPS) is 28.5. The van der Waals surface area contributed by atoms with E-state index in [4.69, 9.17) is 11.6 Å². The molecular formula is C9H12ClNO2S. The predicted molar refractivity (Wildman–Crippen MR) is 56.6 cm³/mol. The van der Waals surface area contributed by atoms with Gasteiger partial charge in [-0.25, -0.2) is 0 Å². The lowest BCUT2D eigenvalue weighted by molar-refractivity contribution is 0.0572. The van der Waals surface area contributed by atoms with E-state index in [1.54, 1.807) is 0 Å². The van der Waals surface area contributed by atoms with E-state index in [1.807, 2.05) is 16.3 Å². The number of halogens is 1. The molecule has 3 nitrogen and oxygen atoms in total. The molecule has 2 heterocycles. The molecule has 2 N–H and O–H groups in total. The second-order valence-electron chi connectivity index (χ2n) is 3.59. The first kappa shape index (κ1) is 10.4. The smallest absolute Gasteiger partial charge is 0.0938 e. The van der Waals surface area contributed by atoms with Crippen LogP contribution in [0, 0.1) is 0 Å². The van der Waals surface area contributed by atoms with Crippen LogP contribution in [0.3, 0.4) is 0 Å². The molecule has 5 heteroatoms. The Bertz CT molecular complexity index is 308. The van der Waals surface area contributed by atoms with Crippen molar-refractivity contribution in [2.45, 2.75) is 18.8 Å². The molecule has 2 rings (SSSR count). The number of hydrogen-bond acceptors (Lipinski definition) is 4. The maximum Gasteiger partial charge on any atom is 0.0938 e. The molecule has 1 aliphatic heterocycles. The number of rotatable bonds is 2. The van der Waals surface area contributed by atoms with E-state index in [2.05, 4.69) is 0 Å². The summed E-state index contributed by atoms with van der Waals surface area (Å²) in [6.07, 6.45) is -1.21. The van der Waals surface area contributed by atoms with Gasteiger partial charge in [0.2, 0.25) is 0 Å². The molecule has 0 spiro atoms. The predicted octanol–water partition coefficient (Wildman–Crippen LogP) is 0.939. The largest absolute Gasteiger partial charge is 0.389 e. The molecule has 1 fully saturated rings. The topological polar surface area (TPSA) is 43.7 Å². The highest BCUT2D eigenvalue weighted by molar-refractivity contribution is 7.14. The van der Waals surface area contributed by atoms with Gasteiger partial charge in [0.15, 0.2) is 0 Å². The van der Waals surface area contributed by atoms with Crippen molar-refractivity contribution in [3.63, 3.8) is 0 Å². The summed E-state index contributed by atoms with van der Waals surface area (Å²) < 4.78 is 0.778. The minimum Gasteiger partial charge on any atom is -0.389 e. The van der Waals surface area contributed by atoms with Crippen molar-refractivity contribution in [1.29, 1.82) is 0 Å². The number of aliphatic hydroxyl groups is 2. The van der Waals surface area contributed by atoms with Gasteiger partial charge in [-0.3, -0.25) is 4.90 Å². The third-order valence-electron chi connectivity index (χ3n) is 2.36. The fourth-order valence-electron chi connectivity index (χ4n) is 1.66. The zero-order valence-electron chi connectivity index (χ0n) is 7.56. The van der Waals surface area contributed by atoms with E-state index in [0.29, 0.717) is 13.1 Å². The highest BCUT2D eigenvalue weighted by Crippen LogP contribution is 2.22. The number of hydrogen-bond donors (Lipinski definition) is 2. The number of β-amino-alcohol motifs (C(OH)–C–C–N with tert-alkyl or cyclic N) is 2. The van der Waals surface area contributed by atoms with Gasteiger partial charge in [0.25, 0.3) is 0 Å². The zero-order chi connectivity index (χ0) is 10.1. The Morgan fingerprint density at radius 2 is 2.07 bits per heavy atom. The molecule has 1 aliphatic rings. The molecule has 0 aromatic carbocycles. The highest BCUT2D eigenvalue weighted by Gasteiger charge is 2.29. The summed E-state index contributed by atoms with van der Waals surface area (Å²) >= 11 is 7.31. The fourth-order valence-corrected chi connectivity index (χ4v) is 2.56. The lowest BCUT2D eigenvalue weighted by atomic mass is 10.3. The van der Waals surface area contributed by atoms with Gasteiger partial charge in [0.1, 0.15) is 0 Å². The number of likely N-dealkylation sites (tertiary alicyclic amines) is 1. The van der Waals surface area contributed by atoms with Crippen molar-refractivity contribution in [1.82, 2.24) is 4.90 Å². The van der Waals surface area contributed by atoms with Gasteiger partial charge in [-0.15, -0.1) is 11.3 Å². The lowest BCUT2D eigenvalue weighted by Crippen LogP contribution is -2.22. The van der Waals surface area contributed by atoms with Gasteiger partial charge in [-0.1, -0.05) is 11.6 Å². The van der Waals surface area contributed by atoms with Gasteiger partial charge in [0.05, 0.1) is 16.5 Å². The first-order valence-corrected chi connectivity index (χ1v) is 5.72. The van der Waals surface area contributed by atoms with E-state index in [0.717, 1.165) is 16.4 Å². The van der Waals surface area contributed by atoms with Crippen molar-refractivity contribution < 1.29 is 10.2 Å². The van der Waals surface area contributed by atoms with Crippen LogP contribution in [0.1, 0.15) is 5.56 Å². The van der Waals surface area contributed by atoms with Crippen LogP contribution in [0.25, 0.3) is 0 Å². The SMILES string of the molecule is OC1CN(Cc2csc(Cl)c2)CC1O. The molecule has 14 heavy (non-hydrogen) atoms. The van der Waals surface area contributed by atoms with E-state index in [1.165, 1.54) is 11.3 Å². The quantitative estimate of drug-likeness (QED) is 0.799. The van der Waals surface area contributed by atoms with Crippen LogP contribution in [0.5, 0.6) is 0 Å². The maximum absolute atomic E-state index is 9.34. The Labute approximate surface area is 91.5 Å². The van der Waals surface area contributed by atoms with Gasteiger partial charge < -0.3 is 10.2 Å². The van der Waals surface area contributed by atoms with Crippen molar-refractivity contribution in [2.75, 3.05) is 13.1 Å². The van der Waals surface area contributed by atoms with Crippen molar-refractivity contribution in [3.05, 3.63) is 21.3 Å². The minimum atomic E-state index is -0.607. The highest BCUT2D eigenvalue weighted by atomic mass is 35.5. The van der Waals surface area contributed by atoms with Gasteiger partial charge in [-0.05, 0) is 17.0 Å². The summed E-state index contributed by atoms with van der Waals surface area (Å²) in [6, 6.07) is 1.92. The lowest BCUT2D eigenvalue weighted by Gasteiger charge is -2.12. The van der Waals surface area contributed by atoms with E-state index >= 15 is 0 Å². The third-order valence-corrected chi connectivity index (χ3v) is 3.50. The number of thiophene rings is 1.